The fourth-order valence-electron chi connectivity index (χ4n) is 1.92. The number of amides is 1. The highest BCUT2D eigenvalue weighted by atomic mass is 32.2. The molecule has 0 unspecified atom stereocenters. The van der Waals surface area contributed by atoms with Crippen LogP contribution in [0.15, 0.2) is 18.3 Å². The molecule has 0 aliphatic carbocycles. The second-order valence-corrected chi connectivity index (χ2v) is 5.48. The van der Waals surface area contributed by atoms with E-state index in [1.807, 2.05) is 17.8 Å². The summed E-state index contributed by atoms with van der Waals surface area (Å²) in [6, 6.07) is 3.65. The van der Waals surface area contributed by atoms with Crippen molar-refractivity contribution in [3.63, 3.8) is 0 Å². The number of hydrazine groups is 1. The van der Waals surface area contributed by atoms with Gasteiger partial charge in [-0.15, -0.1) is 0 Å². The van der Waals surface area contributed by atoms with Crippen molar-refractivity contribution >= 4 is 17.7 Å². The number of carbonyl (C=O) groups excluding carboxylic acids is 1. The molecular weight excluding hydrogens is 248 g/mol. The Morgan fingerprint density at radius 2 is 2.33 bits per heavy atom. The van der Waals surface area contributed by atoms with Crippen molar-refractivity contribution in [1.29, 1.82) is 0 Å². The van der Waals surface area contributed by atoms with E-state index in [1.54, 1.807) is 12.3 Å². The van der Waals surface area contributed by atoms with E-state index in [2.05, 4.69) is 15.3 Å². The van der Waals surface area contributed by atoms with E-state index in [0.29, 0.717) is 5.56 Å². The van der Waals surface area contributed by atoms with Crippen LogP contribution in [0.2, 0.25) is 0 Å². The largest absolute Gasteiger partial charge is 0.297 e. The van der Waals surface area contributed by atoms with Gasteiger partial charge in [0.15, 0.2) is 0 Å². The lowest BCUT2D eigenvalue weighted by Crippen LogP contribution is -2.30. The van der Waals surface area contributed by atoms with Crippen molar-refractivity contribution in [3.8, 4) is 0 Å². The number of carbonyl (C=O) groups is 1. The third-order valence-electron chi connectivity index (χ3n) is 2.92. The van der Waals surface area contributed by atoms with Gasteiger partial charge in [-0.25, -0.2) is 5.84 Å². The maximum Gasteiger partial charge on any atom is 0.266 e. The molecule has 2 rings (SSSR count). The fourth-order valence-corrected chi connectivity index (χ4v) is 2.85. The number of thioether (sulfide) groups is 1. The monoisotopic (exact) mass is 266 g/mol. The Kier molecular flexibility index (Phi) is 4.98. The number of nitrogens with one attached hydrogen (secondary N) is 1. The van der Waals surface area contributed by atoms with Crippen LogP contribution in [-0.4, -0.2) is 40.4 Å². The average Bonchev–Trinajstić information content (AvgIpc) is 2.67. The molecule has 0 radical (unpaired) electrons. The Morgan fingerprint density at radius 3 is 3.06 bits per heavy atom. The summed E-state index contributed by atoms with van der Waals surface area (Å²) in [5.74, 6) is 7.20. The molecule has 18 heavy (non-hydrogen) atoms. The predicted octanol–water partition coefficient (Wildman–Crippen LogP) is 0.624. The van der Waals surface area contributed by atoms with E-state index in [4.69, 9.17) is 5.84 Å². The van der Waals surface area contributed by atoms with Gasteiger partial charge in [0, 0.05) is 25.0 Å². The van der Waals surface area contributed by atoms with Gasteiger partial charge in [-0.2, -0.15) is 11.8 Å². The van der Waals surface area contributed by atoms with Crippen molar-refractivity contribution < 1.29 is 4.79 Å². The first-order valence-corrected chi connectivity index (χ1v) is 7.21. The van der Waals surface area contributed by atoms with Crippen molar-refractivity contribution in [1.82, 2.24) is 15.3 Å². The number of nitrogen functional groups attached to an aromatic ring is 1. The molecule has 0 aromatic carbocycles. The minimum Gasteiger partial charge on any atom is -0.297 e. The minimum absolute atomic E-state index is 0.305. The smallest absolute Gasteiger partial charge is 0.266 e. The van der Waals surface area contributed by atoms with E-state index in [1.165, 1.54) is 17.9 Å². The summed E-state index contributed by atoms with van der Waals surface area (Å²) < 4.78 is 0. The molecular formula is C12H18N4OS. The van der Waals surface area contributed by atoms with E-state index in [-0.39, 0.29) is 5.91 Å². The molecule has 1 aromatic rings. The van der Waals surface area contributed by atoms with Gasteiger partial charge in [0.25, 0.3) is 5.91 Å². The highest BCUT2D eigenvalue weighted by Crippen LogP contribution is 2.12. The summed E-state index contributed by atoms with van der Waals surface area (Å²) in [5.41, 5.74) is 3.59. The lowest BCUT2D eigenvalue weighted by atomic mass is 10.2. The minimum atomic E-state index is -0.305. The molecule has 98 valence electrons. The summed E-state index contributed by atoms with van der Waals surface area (Å²) in [5, 5.41) is 0. The van der Waals surface area contributed by atoms with Crippen LogP contribution in [-0.2, 0) is 6.54 Å². The number of nitrogens with zero attached hydrogens (tertiary/aromatic N) is 2. The van der Waals surface area contributed by atoms with Crippen LogP contribution in [0, 0.1) is 0 Å². The Labute approximate surface area is 111 Å². The Bertz CT molecular complexity index is 388. The van der Waals surface area contributed by atoms with E-state index < -0.39 is 0 Å². The molecule has 0 atom stereocenters. The van der Waals surface area contributed by atoms with Gasteiger partial charge in [0.2, 0.25) is 0 Å². The maximum absolute atomic E-state index is 11.3. The van der Waals surface area contributed by atoms with Gasteiger partial charge in [-0.1, -0.05) is 0 Å². The second kappa shape index (κ2) is 6.72. The SMILES string of the molecule is NNC(=O)c1ccc(CN2CCCSCC2)nc1. The van der Waals surface area contributed by atoms with Crippen LogP contribution in [0.1, 0.15) is 22.5 Å². The summed E-state index contributed by atoms with van der Waals surface area (Å²) in [6.45, 7) is 3.09. The maximum atomic E-state index is 11.3. The number of hydrogen-bond donors (Lipinski definition) is 2. The van der Waals surface area contributed by atoms with Gasteiger partial charge in [0.05, 0.1) is 11.3 Å². The van der Waals surface area contributed by atoms with Gasteiger partial charge >= 0.3 is 0 Å². The Balaban J connectivity index is 1.94. The molecule has 1 saturated heterocycles. The van der Waals surface area contributed by atoms with Crippen molar-refractivity contribution in [2.75, 3.05) is 24.6 Å². The number of rotatable bonds is 3. The molecule has 1 aliphatic heterocycles. The normalized spacial score (nSPS) is 17.2. The zero-order valence-electron chi connectivity index (χ0n) is 10.3. The zero-order valence-corrected chi connectivity index (χ0v) is 11.1. The van der Waals surface area contributed by atoms with Crippen molar-refractivity contribution in [2.24, 2.45) is 5.84 Å². The Hall–Kier alpha value is -1.11. The first-order valence-electron chi connectivity index (χ1n) is 6.05. The molecule has 1 aliphatic rings. The quantitative estimate of drug-likeness (QED) is 0.477. The molecule has 0 bridgehead atoms. The van der Waals surface area contributed by atoms with Gasteiger partial charge < -0.3 is 0 Å². The van der Waals surface area contributed by atoms with Crippen LogP contribution >= 0.6 is 11.8 Å². The van der Waals surface area contributed by atoms with E-state index >= 15 is 0 Å². The topological polar surface area (TPSA) is 71.2 Å². The number of nitrogens with two attached hydrogens (primary N) is 1. The fraction of sp³-hybridized carbons (Fsp3) is 0.500. The molecule has 1 amide bonds. The molecule has 2 heterocycles. The van der Waals surface area contributed by atoms with Gasteiger partial charge in [-0.05, 0) is 30.9 Å². The van der Waals surface area contributed by atoms with Crippen molar-refractivity contribution in [3.05, 3.63) is 29.6 Å². The molecule has 5 nitrogen and oxygen atoms in total. The number of aromatic nitrogens is 1. The van der Waals surface area contributed by atoms with Gasteiger partial charge in [0.1, 0.15) is 0 Å². The molecule has 0 spiro atoms. The van der Waals surface area contributed by atoms with Crippen molar-refractivity contribution in [2.45, 2.75) is 13.0 Å². The molecule has 6 heteroatoms. The average molecular weight is 266 g/mol. The predicted molar refractivity (Wildman–Crippen MR) is 73.1 cm³/mol. The zero-order chi connectivity index (χ0) is 12.8. The molecule has 3 N–H and O–H groups in total. The lowest BCUT2D eigenvalue weighted by Gasteiger charge is -2.18. The molecule has 1 fully saturated rings. The summed E-state index contributed by atoms with van der Waals surface area (Å²) in [6.07, 6.45) is 2.81. The van der Waals surface area contributed by atoms with Crippen LogP contribution in [0.4, 0.5) is 0 Å². The molecule has 1 aromatic heterocycles. The van der Waals surface area contributed by atoms with Crippen LogP contribution in [0.25, 0.3) is 0 Å². The van der Waals surface area contributed by atoms with Gasteiger partial charge in [-0.3, -0.25) is 20.1 Å². The third-order valence-corrected chi connectivity index (χ3v) is 3.97. The van der Waals surface area contributed by atoms with Crippen LogP contribution in [0.5, 0.6) is 0 Å². The lowest BCUT2D eigenvalue weighted by molar-refractivity contribution is 0.0953. The Morgan fingerprint density at radius 1 is 1.44 bits per heavy atom. The second-order valence-electron chi connectivity index (χ2n) is 4.25. The first-order chi connectivity index (χ1) is 8.79. The van der Waals surface area contributed by atoms with E-state index in [9.17, 15) is 4.79 Å². The summed E-state index contributed by atoms with van der Waals surface area (Å²) >= 11 is 2.01. The van der Waals surface area contributed by atoms with E-state index in [0.717, 1.165) is 25.3 Å². The summed E-state index contributed by atoms with van der Waals surface area (Å²) in [7, 11) is 0. The third kappa shape index (κ3) is 3.69. The summed E-state index contributed by atoms with van der Waals surface area (Å²) in [4.78, 5) is 18.0. The highest BCUT2D eigenvalue weighted by molar-refractivity contribution is 7.99. The van der Waals surface area contributed by atoms with Crippen LogP contribution < -0.4 is 11.3 Å². The number of hydrogen-bond acceptors (Lipinski definition) is 5. The number of pyridine rings is 1. The highest BCUT2D eigenvalue weighted by Gasteiger charge is 2.11. The first kappa shape index (κ1) is 13.3. The van der Waals surface area contributed by atoms with Crippen LogP contribution in [0.3, 0.4) is 0 Å². The standard InChI is InChI=1S/C12H18N4OS/c13-15-12(17)10-2-3-11(14-8-10)9-16-4-1-6-18-7-5-16/h2-3,8H,1,4-7,9,13H2,(H,15,17). The molecule has 0 saturated carbocycles.